The summed E-state index contributed by atoms with van der Waals surface area (Å²) in [6, 6.07) is -1.03. The van der Waals surface area contributed by atoms with Gasteiger partial charge in [-0.1, -0.05) is 0 Å². The van der Waals surface area contributed by atoms with Crippen LogP contribution in [0.15, 0.2) is 0 Å². The van der Waals surface area contributed by atoms with Crippen LogP contribution in [0.2, 0.25) is 0 Å². The third kappa shape index (κ3) is 3.67. The van der Waals surface area contributed by atoms with E-state index in [1.807, 2.05) is 0 Å². The van der Waals surface area contributed by atoms with E-state index in [0.29, 0.717) is 0 Å². The van der Waals surface area contributed by atoms with Crippen LogP contribution in [0.25, 0.3) is 0 Å². The van der Waals surface area contributed by atoms with Gasteiger partial charge in [0.15, 0.2) is 0 Å². The summed E-state index contributed by atoms with van der Waals surface area (Å²) in [5.41, 5.74) is -1.08. The van der Waals surface area contributed by atoms with Gasteiger partial charge in [-0.05, 0) is 20.8 Å². The van der Waals surface area contributed by atoms with Crippen molar-refractivity contribution in [3.63, 3.8) is 0 Å². The summed E-state index contributed by atoms with van der Waals surface area (Å²) < 4.78 is 28.7. The number of nitrogens with one attached hydrogen (secondary N) is 1. The first kappa shape index (κ1) is 12.3. The van der Waals surface area contributed by atoms with Gasteiger partial charge >= 0.3 is 5.97 Å². The molecule has 78 valence electrons. The van der Waals surface area contributed by atoms with Gasteiger partial charge in [0.25, 0.3) is 6.43 Å². The zero-order valence-corrected chi connectivity index (χ0v) is 8.23. The van der Waals surface area contributed by atoms with Crippen LogP contribution in [0, 0.1) is 0 Å². The van der Waals surface area contributed by atoms with E-state index in [2.05, 4.69) is 10.1 Å². The van der Waals surface area contributed by atoms with Crippen molar-refractivity contribution < 1.29 is 18.3 Å². The molecule has 0 heterocycles. The van der Waals surface area contributed by atoms with Crippen molar-refractivity contribution in [3.8, 4) is 0 Å². The van der Waals surface area contributed by atoms with Crippen molar-refractivity contribution in [1.29, 1.82) is 0 Å². The van der Waals surface area contributed by atoms with Crippen LogP contribution in [0.3, 0.4) is 0 Å². The van der Waals surface area contributed by atoms with E-state index in [1.165, 1.54) is 27.9 Å². The Hall–Kier alpha value is -0.710. The predicted octanol–water partition coefficient (Wildman–Crippen LogP) is 1.18. The quantitative estimate of drug-likeness (QED) is 0.684. The Balaban J connectivity index is 4.24. The minimum Gasteiger partial charge on any atom is -0.468 e. The molecule has 0 rings (SSSR count). The number of carbonyl (C=O) groups excluding carboxylic acids is 1. The van der Waals surface area contributed by atoms with Crippen molar-refractivity contribution in [2.45, 2.75) is 38.8 Å². The Morgan fingerprint density at radius 3 is 2.23 bits per heavy atom. The number of alkyl halides is 2. The monoisotopic (exact) mass is 195 g/mol. The van der Waals surface area contributed by atoms with Crippen LogP contribution in [-0.2, 0) is 9.53 Å². The zero-order valence-electron chi connectivity index (χ0n) is 8.23. The first-order valence-electron chi connectivity index (χ1n) is 3.95. The lowest BCUT2D eigenvalue weighted by molar-refractivity contribution is -0.147. The normalized spacial score (nSPS) is 14.4. The van der Waals surface area contributed by atoms with E-state index < -0.39 is 24.0 Å². The number of methoxy groups -OCH3 is 1. The second-order valence-electron chi connectivity index (χ2n) is 3.38. The molecule has 0 fully saturated rings. The Kier molecular flexibility index (Phi) is 4.26. The van der Waals surface area contributed by atoms with Gasteiger partial charge in [-0.3, -0.25) is 10.1 Å². The molecule has 0 aliphatic carbocycles. The number of ether oxygens (including phenoxy) is 1. The zero-order chi connectivity index (χ0) is 10.6. The number of rotatable bonds is 4. The highest BCUT2D eigenvalue weighted by Gasteiger charge is 2.32. The van der Waals surface area contributed by atoms with Crippen molar-refractivity contribution in [1.82, 2.24) is 5.32 Å². The molecule has 5 heteroatoms. The summed E-state index contributed by atoms with van der Waals surface area (Å²) in [7, 11) is 1.22. The van der Waals surface area contributed by atoms with E-state index in [4.69, 9.17) is 0 Å². The molecular formula is C8H15F2NO2. The van der Waals surface area contributed by atoms with Crippen molar-refractivity contribution in [2.75, 3.05) is 7.11 Å². The van der Waals surface area contributed by atoms with Gasteiger partial charge in [0.2, 0.25) is 0 Å². The summed E-state index contributed by atoms with van der Waals surface area (Å²) >= 11 is 0. The van der Waals surface area contributed by atoms with E-state index in [0.717, 1.165) is 0 Å². The summed E-state index contributed by atoms with van der Waals surface area (Å²) in [6.07, 6.45) is -2.50. The molecular weight excluding hydrogens is 180 g/mol. The Labute approximate surface area is 76.4 Å². The number of hydrogen-bond donors (Lipinski definition) is 1. The van der Waals surface area contributed by atoms with Gasteiger partial charge in [0.05, 0.1) is 13.2 Å². The highest BCUT2D eigenvalue weighted by atomic mass is 19.3. The minimum absolute atomic E-state index is 0.556. The fourth-order valence-electron chi connectivity index (χ4n) is 0.946. The van der Waals surface area contributed by atoms with Gasteiger partial charge in [-0.15, -0.1) is 0 Å². The van der Waals surface area contributed by atoms with Crippen molar-refractivity contribution in [2.24, 2.45) is 0 Å². The van der Waals surface area contributed by atoms with Gasteiger partial charge in [0.1, 0.15) is 5.54 Å². The molecule has 0 aromatic carbocycles. The maximum Gasteiger partial charge on any atom is 0.325 e. The number of hydrogen-bond acceptors (Lipinski definition) is 3. The van der Waals surface area contributed by atoms with Crippen molar-refractivity contribution >= 4 is 5.97 Å². The van der Waals surface area contributed by atoms with Gasteiger partial charge in [0, 0.05) is 0 Å². The number of carbonyl (C=O) groups is 1. The summed E-state index contributed by atoms with van der Waals surface area (Å²) in [5.74, 6) is -0.556. The molecule has 0 radical (unpaired) electrons. The number of esters is 1. The molecule has 0 aromatic rings. The van der Waals surface area contributed by atoms with Crippen LogP contribution < -0.4 is 5.32 Å². The van der Waals surface area contributed by atoms with Crippen LogP contribution >= 0.6 is 0 Å². The van der Waals surface area contributed by atoms with Crippen LogP contribution in [0.5, 0.6) is 0 Å². The standard InChI is InChI=1S/C8H15F2NO2/c1-5(6(9)10)11-8(2,3)7(12)13-4/h5-6,11H,1-4H3. The number of halogens is 2. The van der Waals surface area contributed by atoms with E-state index in [-0.39, 0.29) is 0 Å². The van der Waals surface area contributed by atoms with Gasteiger partial charge < -0.3 is 4.74 Å². The molecule has 1 atom stereocenters. The molecule has 0 aromatic heterocycles. The molecule has 13 heavy (non-hydrogen) atoms. The molecule has 1 unspecified atom stereocenters. The maximum atomic E-state index is 12.1. The topological polar surface area (TPSA) is 38.3 Å². The summed E-state index contributed by atoms with van der Waals surface area (Å²) in [6.45, 7) is 4.31. The largest absolute Gasteiger partial charge is 0.468 e. The van der Waals surface area contributed by atoms with Crippen LogP contribution in [-0.4, -0.2) is 31.1 Å². The SMILES string of the molecule is COC(=O)C(C)(C)NC(C)C(F)F. The fraction of sp³-hybridized carbons (Fsp3) is 0.875. The molecule has 0 saturated carbocycles. The smallest absolute Gasteiger partial charge is 0.325 e. The second-order valence-corrected chi connectivity index (χ2v) is 3.38. The molecule has 0 aliphatic rings. The van der Waals surface area contributed by atoms with Crippen LogP contribution in [0.4, 0.5) is 8.78 Å². The summed E-state index contributed by atoms with van der Waals surface area (Å²) in [4.78, 5) is 11.1. The Morgan fingerprint density at radius 1 is 1.46 bits per heavy atom. The first-order valence-corrected chi connectivity index (χ1v) is 3.95. The fourth-order valence-corrected chi connectivity index (χ4v) is 0.946. The van der Waals surface area contributed by atoms with Crippen molar-refractivity contribution in [3.05, 3.63) is 0 Å². The average Bonchev–Trinajstić information content (AvgIpc) is 2.01. The first-order chi connectivity index (χ1) is 5.81. The molecule has 0 saturated heterocycles. The lowest BCUT2D eigenvalue weighted by Gasteiger charge is -2.26. The highest BCUT2D eigenvalue weighted by molar-refractivity contribution is 5.79. The minimum atomic E-state index is -2.50. The Bertz CT molecular complexity index is 183. The molecule has 0 aliphatic heterocycles. The molecule has 3 nitrogen and oxygen atoms in total. The third-order valence-corrected chi connectivity index (χ3v) is 1.66. The van der Waals surface area contributed by atoms with E-state index >= 15 is 0 Å². The third-order valence-electron chi connectivity index (χ3n) is 1.66. The highest BCUT2D eigenvalue weighted by Crippen LogP contribution is 2.09. The van der Waals surface area contributed by atoms with Gasteiger partial charge in [-0.2, -0.15) is 0 Å². The predicted molar refractivity (Wildman–Crippen MR) is 44.7 cm³/mol. The van der Waals surface area contributed by atoms with E-state index in [1.54, 1.807) is 0 Å². The van der Waals surface area contributed by atoms with Gasteiger partial charge in [-0.25, -0.2) is 8.78 Å². The Morgan fingerprint density at radius 2 is 1.92 bits per heavy atom. The van der Waals surface area contributed by atoms with E-state index in [9.17, 15) is 13.6 Å². The summed E-state index contributed by atoms with van der Waals surface area (Å²) in [5, 5.41) is 2.48. The van der Waals surface area contributed by atoms with Crippen LogP contribution in [0.1, 0.15) is 20.8 Å². The molecule has 0 amide bonds. The molecule has 0 spiro atoms. The molecule has 0 bridgehead atoms. The maximum absolute atomic E-state index is 12.1. The second kappa shape index (κ2) is 4.50. The molecule has 1 N–H and O–H groups in total. The lowest BCUT2D eigenvalue weighted by atomic mass is 10.0. The lowest BCUT2D eigenvalue weighted by Crippen LogP contribution is -2.53. The average molecular weight is 195 g/mol.